The van der Waals surface area contributed by atoms with Gasteiger partial charge in [-0.05, 0) is 37.1 Å². The fourth-order valence-electron chi connectivity index (χ4n) is 2.92. The molecule has 2 fully saturated rings. The molecule has 2 aliphatic rings. The van der Waals surface area contributed by atoms with E-state index in [0.717, 1.165) is 18.9 Å². The number of hydrogen-bond donors (Lipinski definition) is 2. The van der Waals surface area contributed by atoms with Gasteiger partial charge in [0.2, 0.25) is 0 Å². The molecule has 22 heavy (non-hydrogen) atoms. The van der Waals surface area contributed by atoms with Crippen molar-refractivity contribution in [3.8, 4) is 0 Å². The van der Waals surface area contributed by atoms with Gasteiger partial charge < -0.3 is 10.6 Å². The third-order valence-corrected chi connectivity index (χ3v) is 5.96. The molecular formula is C16H21ClFN3S. The van der Waals surface area contributed by atoms with Crippen LogP contribution in [0.4, 0.5) is 4.39 Å². The largest absolute Gasteiger partial charge is 0.355 e. The van der Waals surface area contributed by atoms with Crippen molar-refractivity contribution in [1.29, 1.82) is 0 Å². The molecule has 3 unspecified atom stereocenters. The minimum Gasteiger partial charge on any atom is -0.355 e. The Hall–Kier alpha value is -0.940. The predicted molar refractivity (Wildman–Crippen MR) is 92.5 cm³/mol. The zero-order chi connectivity index (χ0) is 15.5. The van der Waals surface area contributed by atoms with E-state index < -0.39 is 0 Å². The molecule has 3 rings (SSSR count). The van der Waals surface area contributed by atoms with Crippen LogP contribution in [-0.4, -0.2) is 36.6 Å². The van der Waals surface area contributed by atoms with Gasteiger partial charge in [0.15, 0.2) is 5.96 Å². The maximum Gasteiger partial charge on any atom is 0.191 e. The molecule has 6 heteroatoms. The van der Waals surface area contributed by atoms with E-state index in [1.807, 2.05) is 11.8 Å². The zero-order valence-corrected chi connectivity index (χ0v) is 14.2. The summed E-state index contributed by atoms with van der Waals surface area (Å²) in [5, 5.41) is 7.94. The molecule has 2 N–H and O–H groups in total. The third-order valence-electron chi connectivity index (χ3n) is 4.23. The second-order valence-electron chi connectivity index (χ2n) is 5.82. The zero-order valence-electron chi connectivity index (χ0n) is 12.6. The van der Waals surface area contributed by atoms with E-state index in [0.29, 0.717) is 15.8 Å². The summed E-state index contributed by atoms with van der Waals surface area (Å²) < 4.78 is 13.9. The Balaban J connectivity index is 1.53. The standard InChI is InChI=1S/C16H21ClFN3S/c1-19-16(20-9-10-4-3-7-22-10)21-14-8-11(14)15-12(17)5-2-6-13(15)18/h2,5-6,10-11,14H,3-4,7-9H2,1H3,(H2,19,20,21). The van der Waals surface area contributed by atoms with E-state index in [9.17, 15) is 4.39 Å². The first kappa shape index (κ1) is 15.9. The monoisotopic (exact) mass is 341 g/mol. The summed E-state index contributed by atoms with van der Waals surface area (Å²) in [5.41, 5.74) is 0.628. The van der Waals surface area contributed by atoms with Gasteiger partial charge in [0.25, 0.3) is 0 Å². The molecule has 0 radical (unpaired) electrons. The van der Waals surface area contributed by atoms with E-state index in [1.54, 1.807) is 19.2 Å². The van der Waals surface area contributed by atoms with Gasteiger partial charge in [-0.15, -0.1) is 0 Å². The molecule has 120 valence electrons. The number of benzene rings is 1. The minimum absolute atomic E-state index is 0.133. The molecule has 0 aromatic heterocycles. The summed E-state index contributed by atoms with van der Waals surface area (Å²) in [6.45, 7) is 0.933. The van der Waals surface area contributed by atoms with Crippen LogP contribution in [0.2, 0.25) is 5.02 Å². The first-order valence-corrected chi connectivity index (χ1v) is 9.14. The summed E-state index contributed by atoms with van der Waals surface area (Å²) in [4.78, 5) is 4.26. The lowest BCUT2D eigenvalue weighted by Gasteiger charge is -2.15. The van der Waals surface area contributed by atoms with Gasteiger partial charge >= 0.3 is 0 Å². The van der Waals surface area contributed by atoms with Crippen molar-refractivity contribution in [3.63, 3.8) is 0 Å². The second-order valence-corrected chi connectivity index (χ2v) is 7.63. The van der Waals surface area contributed by atoms with Crippen molar-refractivity contribution in [2.24, 2.45) is 4.99 Å². The molecule has 0 spiro atoms. The predicted octanol–water partition coefficient (Wildman–Crippen LogP) is 3.40. The number of nitrogens with one attached hydrogen (secondary N) is 2. The van der Waals surface area contributed by atoms with Crippen LogP contribution >= 0.6 is 23.4 Å². The molecule has 1 aromatic carbocycles. The SMILES string of the molecule is CN=C(NCC1CCCS1)NC1CC1c1c(F)cccc1Cl. The first-order chi connectivity index (χ1) is 10.7. The molecule has 1 aliphatic carbocycles. The molecule has 1 aromatic rings. The number of rotatable bonds is 4. The Kier molecular flexibility index (Phi) is 5.14. The van der Waals surface area contributed by atoms with Crippen LogP contribution in [-0.2, 0) is 0 Å². The fourth-order valence-corrected chi connectivity index (χ4v) is 4.43. The fraction of sp³-hybridized carbons (Fsp3) is 0.562. The maximum atomic E-state index is 13.9. The molecule has 1 saturated carbocycles. The number of thioether (sulfide) groups is 1. The van der Waals surface area contributed by atoms with Crippen LogP contribution in [0.25, 0.3) is 0 Å². The Morgan fingerprint density at radius 2 is 2.36 bits per heavy atom. The van der Waals surface area contributed by atoms with Gasteiger partial charge in [-0.25, -0.2) is 4.39 Å². The van der Waals surface area contributed by atoms with Crippen LogP contribution in [0.3, 0.4) is 0 Å². The molecule has 0 bridgehead atoms. The van der Waals surface area contributed by atoms with Gasteiger partial charge in [-0.3, -0.25) is 4.99 Å². The van der Waals surface area contributed by atoms with E-state index in [1.165, 1.54) is 24.7 Å². The van der Waals surface area contributed by atoms with E-state index in [-0.39, 0.29) is 17.8 Å². The normalized spacial score (nSPS) is 27.8. The lowest BCUT2D eigenvalue weighted by atomic mass is 10.1. The first-order valence-electron chi connectivity index (χ1n) is 7.71. The van der Waals surface area contributed by atoms with Crippen molar-refractivity contribution in [3.05, 3.63) is 34.6 Å². The van der Waals surface area contributed by atoms with E-state index in [2.05, 4.69) is 15.6 Å². The maximum absolute atomic E-state index is 13.9. The smallest absolute Gasteiger partial charge is 0.191 e. The summed E-state index contributed by atoms with van der Waals surface area (Å²) in [5.74, 6) is 1.97. The number of nitrogens with zero attached hydrogens (tertiary/aromatic N) is 1. The van der Waals surface area contributed by atoms with Gasteiger partial charge in [0.05, 0.1) is 0 Å². The lowest BCUT2D eigenvalue weighted by Crippen LogP contribution is -2.41. The molecule has 1 aliphatic heterocycles. The Labute approximate surface area is 140 Å². The Bertz CT molecular complexity index is 540. The molecule has 3 atom stereocenters. The van der Waals surface area contributed by atoms with Crippen molar-refractivity contribution in [2.75, 3.05) is 19.3 Å². The van der Waals surface area contributed by atoms with Crippen LogP contribution < -0.4 is 10.6 Å². The van der Waals surface area contributed by atoms with Crippen molar-refractivity contribution < 1.29 is 4.39 Å². The minimum atomic E-state index is -0.216. The van der Waals surface area contributed by atoms with Gasteiger partial charge in [-0.1, -0.05) is 17.7 Å². The summed E-state index contributed by atoms with van der Waals surface area (Å²) in [6.07, 6.45) is 3.46. The highest BCUT2D eigenvalue weighted by atomic mass is 35.5. The highest BCUT2D eigenvalue weighted by Gasteiger charge is 2.41. The van der Waals surface area contributed by atoms with Gasteiger partial charge in [-0.2, -0.15) is 11.8 Å². The molecule has 0 amide bonds. The van der Waals surface area contributed by atoms with Crippen molar-refractivity contribution in [1.82, 2.24) is 10.6 Å². The molecule has 3 nitrogen and oxygen atoms in total. The Morgan fingerprint density at radius 1 is 1.50 bits per heavy atom. The van der Waals surface area contributed by atoms with Crippen molar-refractivity contribution >= 4 is 29.3 Å². The highest BCUT2D eigenvalue weighted by Crippen LogP contribution is 2.44. The number of halogens is 2. The number of guanidine groups is 1. The van der Waals surface area contributed by atoms with E-state index >= 15 is 0 Å². The van der Waals surface area contributed by atoms with Crippen molar-refractivity contribution in [2.45, 2.75) is 36.5 Å². The molecular weight excluding hydrogens is 321 g/mol. The second kappa shape index (κ2) is 7.09. The third kappa shape index (κ3) is 3.69. The average Bonchev–Trinajstić information content (AvgIpc) is 3.04. The summed E-state index contributed by atoms with van der Waals surface area (Å²) in [6, 6.07) is 5.07. The quantitative estimate of drug-likeness (QED) is 0.651. The number of aliphatic imine (C=N–C) groups is 1. The molecule has 1 heterocycles. The van der Waals surface area contributed by atoms with Crippen LogP contribution in [0, 0.1) is 5.82 Å². The van der Waals surface area contributed by atoms with Crippen LogP contribution in [0.1, 0.15) is 30.7 Å². The lowest BCUT2D eigenvalue weighted by molar-refractivity contribution is 0.608. The van der Waals surface area contributed by atoms with Crippen LogP contribution in [0.15, 0.2) is 23.2 Å². The summed E-state index contributed by atoms with van der Waals surface area (Å²) in [7, 11) is 1.77. The Morgan fingerprint density at radius 3 is 3.05 bits per heavy atom. The topological polar surface area (TPSA) is 36.4 Å². The van der Waals surface area contributed by atoms with E-state index in [4.69, 9.17) is 11.6 Å². The molecule has 1 saturated heterocycles. The highest BCUT2D eigenvalue weighted by molar-refractivity contribution is 8.00. The van der Waals surface area contributed by atoms with Gasteiger partial charge in [0.1, 0.15) is 5.82 Å². The average molecular weight is 342 g/mol. The summed E-state index contributed by atoms with van der Waals surface area (Å²) >= 11 is 8.15. The van der Waals surface area contributed by atoms with Gasteiger partial charge in [0, 0.05) is 41.4 Å². The number of hydrogen-bond acceptors (Lipinski definition) is 2. The van der Waals surface area contributed by atoms with Crippen LogP contribution in [0.5, 0.6) is 0 Å².